The van der Waals surface area contributed by atoms with Crippen molar-refractivity contribution in [3.05, 3.63) is 29.3 Å². The van der Waals surface area contributed by atoms with E-state index in [9.17, 15) is 9.59 Å². The minimum absolute atomic E-state index is 0. The maximum Gasteiger partial charge on any atom is 0.242 e. The Kier molecular flexibility index (Phi) is 7.81. The number of anilines is 1. The summed E-state index contributed by atoms with van der Waals surface area (Å²) >= 11 is 6.01. The number of carbonyl (C=O) groups is 2. The fourth-order valence-electron chi connectivity index (χ4n) is 2.69. The Balaban J connectivity index is 0.00000156. The molecule has 1 aliphatic carbocycles. The molecule has 1 aromatic rings. The lowest BCUT2D eigenvalue weighted by atomic mass is 10.2. The van der Waals surface area contributed by atoms with E-state index >= 15 is 0 Å². The van der Waals surface area contributed by atoms with Crippen LogP contribution in [0.15, 0.2) is 24.3 Å². The van der Waals surface area contributed by atoms with E-state index in [1.807, 2.05) is 24.3 Å². The van der Waals surface area contributed by atoms with Gasteiger partial charge >= 0.3 is 0 Å². The first kappa shape index (κ1) is 21.8. The highest BCUT2D eigenvalue weighted by Gasteiger charge is 2.45. The second kappa shape index (κ2) is 8.94. The molecular weight excluding hydrogens is 387 g/mol. The number of nitrogens with zero attached hydrogens (tertiary/aromatic N) is 2. The lowest BCUT2D eigenvalue weighted by Crippen LogP contribution is -2.52. The standard InChI is InChI=1S/C16H21ClN4O2.2ClH/c17-12-2-1-3-13(10-12)20-6-8-21(9-7-20)14(22)11-19-15(23)16(18)4-5-16;;/h1-3,10H,4-9,11,18H2,(H,19,23);2*1H. The molecule has 1 heterocycles. The quantitative estimate of drug-likeness (QED) is 0.789. The van der Waals surface area contributed by atoms with Gasteiger partial charge in [0.2, 0.25) is 11.8 Å². The number of carbonyl (C=O) groups excluding carboxylic acids is 2. The molecule has 0 bridgehead atoms. The van der Waals surface area contributed by atoms with Gasteiger partial charge in [-0.05, 0) is 31.0 Å². The molecule has 6 nitrogen and oxygen atoms in total. The van der Waals surface area contributed by atoms with Crippen molar-refractivity contribution in [3.8, 4) is 0 Å². The normalized spacial score (nSPS) is 17.8. The molecule has 1 saturated carbocycles. The third-order valence-electron chi connectivity index (χ3n) is 4.45. The van der Waals surface area contributed by atoms with E-state index in [1.54, 1.807) is 4.90 Å². The molecule has 0 radical (unpaired) electrons. The number of nitrogens with two attached hydrogens (primary N) is 1. The van der Waals surface area contributed by atoms with Crippen molar-refractivity contribution in [2.24, 2.45) is 5.73 Å². The Morgan fingerprint density at radius 2 is 1.80 bits per heavy atom. The summed E-state index contributed by atoms with van der Waals surface area (Å²) in [6, 6.07) is 7.71. The number of nitrogens with one attached hydrogen (secondary N) is 1. The lowest BCUT2D eigenvalue weighted by molar-refractivity contribution is -0.133. The van der Waals surface area contributed by atoms with Gasteiger partial charge in [-0.1, -0.05) is 17.7 Å². The number of hydrogen-bond donors (Lipinski definition) is 2. The molecule has 0 atom stereocenters. The monoisotopic (exact) mass is 408 g/mol. The first-order chi connectivity index (χ1) is 11.0. The van der Waals surface area contributed by atoms with Crippen molar-refractivity contribution in [1.29, 1.82) is 0 Å². The number of rotatable bonds is 4. The van der Waals surface area contributed by atoms with Crippen LogP contribution in [0, 0.1) is 0 Å². The molecular formula is C16H23Cl3N4O2. The molecule has 0 spiro atoms. The number of amides is 2. The SMILES string of the molecule is Cl.Cl.NC1(C(=O)NCC(=O)N2CCN(c3cccc(Cl)c3)CC2)CC1. The number of benzene rings is 1. The predicted octanol–water partition coefficient (Wildman–Crippen LogP) is 1.44. The van der Waals surface area contributed by atoms with E-state index in [4.69, 9.17) is 17.3 Å². The summed E-state index contributed by atoms with van der Waals surface area (Å²) < 4.78 is 0. The summed E-state index contributed by atoms with van der Waals surface area (Å²) in [5.41, 5.74) is 6.13. The number of halogens is 3. The zero-order valence-electron chi connectivity index (χ0n) is 13.7. The number of piperazine rings is 1. The summed E-state index contributed by atoms with van der Waals surface area (Å²) in [7, 11) is 0. The molecule has 0 unspecified atom stereocenters. The van der Waals surface area contributed by atoms with E-state index < -0.39 is 5.54 Å². The van der Waals surface area contributed by atoms with Gasteiger partial charge in [-0.3, -0.25) is 9.59 Å². The van der Waals surface area contributed by atoms with Gasteiger partial charge in [0.05, 0.1) is 12.1 Å². The van der Waals surface area contributed by atoms with Crippen LogP contribution in [0.25, 0.3) is 0 Å². The summed E-state index contributed by atoms with van der Waals surface area (Å²) in [6.07, 6.45) is 1.40. The van der Waals surface area contributed by atoms with Gasteiger partial charge < -0.3 is 20.9 Å². The van der Waals surface area contributed by atoms with Crippen LogP contribution in [-0.4, -0.2) is 55.0 Å². The minimum Gasteiger partial charge on any atom is -0.368 e. The van der Waals surface area contributed by atoms with Crippen LogP contribution in [0.3, 0.4) is 0 Å². The van der Waals surface area contributed by atoms with Crippen molar-refractivity contribution in [2.45, 2.75) is 18.4 Å². The van der Waals surface area contributed by atoms with Crippen LogP contribution in [0.1, 0.15) is 12.8 Å². The zero-order valence-corrected chi connectivity index (χ0v) is 16.1. The highest BCUT2D eigenvalue weighted by atomic mass is 35.5. The molecule has 9 heteroatoms. The molecule has 3 N–H and O–H groups in total. The van der Waals surface area contributed by atoms with Gasteiger partial charge in [-0.2, -0.15) is 0 Å². The first-order valence-corrected chi connectivity index (χ1v) is 8.21. The van der Waals surface area contributed by atoms with Crippen molar-refractivity contribution >= 4 is 53.9 Å². The second-order valence-corrected chi connectivity index (χ2v) is 6.62. The molecule has 1 aliphatic heterocycles. The zero-order chi connectivity index (χ0) is 16.4. The second-order valence-electron chi connectivity index (χ2n) is 6.19. The van der Waals surface area contributed by atoms with Gasteiger partial charge in [-0.15, -0.1) is 24.8 Å². The van der Waals surface area contributed by atoms with Crippen LogP contribution in [0.2, 0.25) is 5.02 Å². The fraction of sp³-hybridized carbons (Fsp3) is 0.500. The maximum atomic E-state index is 12.2. The van der Waals surface area contributed by atoms with Gasteiger partial charge in [0.1, 0.15) is 0 Å². The Bertz CT molecular complexity index is 617. The lowest BCUT2D eigenvalue weighted by Gasteiger charge is -2.36. The van der Waals surface area contributed by atoms with E-state index in [-0.39, 0.29) is 43.2 Å². The molecule has 1 saturated heterocycles. The Morgan fingerprint density at radius 1 is 1.16 bits per heavy atom. The van der Waals surface area contributed by atoms with Crippen LogP contribution in [0.4, 0.5) is 5.69 Å². The Labute approximate surface area is 164 Å². The molecule has 2 fully saturated rings. The first-order valence-electron chi connectivity index (χ1n) is 7.83. The number of hydrogen-bond acceptors (Lipinski definition) is 4. The highest BCUT2D eigenvalue weighted by Crippen LogP contribution is 2.32. The van der Waals surface area contributed by atoms with E-state index in [0.717, 1.165) is 18.8 Å². The van der Waals surface area contributed by atoms with Gasteiger partial charge in [0.25, 0.3) is 0 Å². The molecule has 0 aromatic heterocycles. The smallest absolute Gasteiger partial charge is 0.242 e. The summed E-state index contributed by atoms with van der Waals surface area (Å²) in [5.74, 6) is -0.281. The molecule has 2 amide bonds. The van der Waals surface area contributed by atoms with Crippen LogP contribution < -0.4 is 16.0 Å². The topological polar surface area (TPSA) is 78.7 Å². The van der Waals surface area contributed by atoms with E-state index in [1.165, 1.54) is 0 Å². The molecule has 140 valence electrons. The molecule has 2 aliphatic rings. The van der Waals surface area contributed by atoms with Crippen LogP contribution in [-0.2, 0) is 9.59 Å². The van der Waals surface area contributed by atoms with Gasteiger partial charge in [0, 0.05) is 36.9 Å². The van der Waals surface area contributed by atoms with Gasteiger partial charge in [0.15, 0.2) is 0 Å². The fourth-order valence-corrected chi connectivity index (χ4v) is 2.88. The van der Waals surface area contributed by atoms with E-state index in [0.29, 0.717) is 31.0 Å². The van der Waals surface area contributed by atoms with Crippen molar-refractivity contribution in [1.82, 2.24) is 10.2 Å². The maximum absolute atomic E-state index is 12.2. The third kappa shape index (κ3) is 5.38. The average molecular weight is 410 g/mol. The van der Waals surface area contributed by atoms with Crippen LogP contribution >= 0.6 is 36.4 Å². The van der Waals surface area contributed by atoms with Crippen LogP contribution in [0.5, 0.6) is 0 Å². The van der Waals surface area contributed by atoms with Gasteiger partial charge in [-0.25, -0.2) is 0 Å². The highest BCUT2D eigenvalue weighted by molar-refractivity contribution is 6.30. The minimum atomic E-state index is -0.731. The molecule has 3 rings (SSSR count). The van der Waals surface area contributed by atoms with Crippen molar-refractivity contribution in [3.63, 3.8) is 0 Å². The summed E-state index contributed by atoms with van der Waals surface area (Å²) in [6.45, 7) is 2.79. The Hall–Kier alpha value is -1.21. The molecule has 1 aromatic carbocycles. The largest absolute Gasteiger partial charge is 0.368 e. The molecule has 25 heavy (non-hydrogen) atoms. The van der Waals surface area contributed by atoms with Crippen molar-refractivity contribution in [2.75, 3.05) is 37.6 Å². The predicted molar refractivity (Wildman–Crippen MR) is 104 cm³/mol. The van der Waals surface area contributed by atoms with Crippen molar-refractivity contribution < 1.29 is 9.59 Å². The summed E-state index contributed by atoms with van der Waals surface area (Å²) in [5, 5.41) is 3.35. The average Bonchev–Trinajstić information content (AvgIpc) is 3.31. The third-order valence-corrected chi connectivity index (χ3v) is 4.68. The van der Waals surface area contributed by atoms with E-state index in [2.05, 4.69) is 10.2 Å². The summed E-state index contributed by atoms with van der Waals surface area (Å²) in [4.78, 5) is 27.9. The Morgan fingerprint density at radius 3 is 2.36 bits per heavy atom.